The van der Waals surface area contributed by atoms with Crippen LogP contribution in [0.25, 0.3) is 22.2 Å². The molecular weight excluding hydrogens is 308 g/mol. The Bertz CT molecular complexity index is 929. The van der Waals surface area contributed by atoms with Gasteiger partial charge < -0.3 is 4.98 Å². The van der Waals surface area contributed by atoms with Gasteiger partial charge in [-0.25, -0.2) is 4.79 Å². The highest BCUT2D eigenvalue weighted by Gasteiger charge is 2.17. The highest BCUT2D eigenvalue weighted by atomic mass is 35.5. The fraction of sp³-hybridized carbons (Fsp3) is 0.316. The van der Waals surface area contributed by atoms with E-state index in [0.29, 0.717) is 5.02 Å². The van der Waals surface area contributed by atoms with Crippen LogP contribution in [-0.2, 0) is 13.5 Å². The number of nitrogens with one attached hydrogen (secondary N) is 1. The lowest BCUT2D eigenvalue weighted by Crippen LogP contribution is -2.11. The van der Waals surface area contributed by atoms with E-state index in [0.717, 1.165) is 34.1 Å². The molecule has 2 aromatic carbocycles. The molecule has 0 aliphatic rings. The van der Waals surface area contributed by atoms with E-state index in [1.807, 2.05) is 30.3 Å². The van der Waals surface area contributed by atoms with E-state index in [4.69, 9.17) is 11.6 Å². The first-order valence-corrected chi connectivity index (χ1v) is 8.10. The highest BCUT2D eigenvalue weighted by molar-refractivity contribution is 6.30. The Balaban J connectivity index is 2.28. The molecule has 0 aliphatic carbocycles. The van der Waals surface area contributed by atoms with Crippen LogP contribution in [0.3, 0.4) is 0 Å². The van der Waals surface area contributed by atoms with Crippen molar-refractivity contribution in [2.75, 3.05) is 0 Å². The van der Waals surface area contributed by atoms with Gasteiger partial charge in [0.25, 0.3) is 0 Å². The number of hydrogen-bond acceptors (Lipinski definition) is 1. The van der Waals surface area contributed by atoms with Crippen LogP contribution in [-0.4, -0.2) is 9.55 Å². The summed E-state index contributed by atoms with van der Waals surface area (Å²) in [5.41, 5.74) is 5.19. The minimum absolute atomic E-state index is 0.0848. The lowest BCUT2D eigenvalue weighted by atomic mass is 9.86. The van der Waals surface area contributed by atoms with Gasteiger partial charge in [-0.2, -0.15) is 0 Å². The molecule has 3 nitrogen and oxygen atoms in total. The number of benzene rings is 2. The van der Waals surface area contributed by atoms with Crippen LogP contribution in [0.4, 0.5) is 0 Å². The normalized spacial score (nSPS) is 12.0. The van der Waals surface area contributed by atoms with Gasteiger partial charge in [0.05, 0.1) is 11.0 Å². The average molecular weight is 329 g/mol. The predicted molar refractivity (Wildman–Crippen MR) is 97.1 cm³/mol. The zero-order chi connectivity index (χ0) is 16.8. The molecule has 3 aromatic rings. The minimum Gasteiger partial charge on any atom is -0.305 e. The molecule has 3 rings (SSSR count). The minimum atomic E-state index is -0.0848. The first-order chi connectivity index (χ1) is 10.7. The number of H-pyrrole nitrogens is 1. The number of aromatic nitrogens is 2. The maximum Gasteiger partial charge on any atom is 0.326 e. The van der Waals surface area contributed by atoms with E-state index in [1.54, 1.807) is 11.6 Å². The van der Waals surface area contributed by atoms with Crippen molar-refractivity contribution in [3.8, 4) is 11.1 Å². The molecule has 1 N–H and O–H groups in total. The second kappa shape index (κ2) is 5.57. The van der Waals surface area contributed by atoms with Gasteiger partial charge in [-0.3, -0.25) is 4.57 Å². The molecule has 120 valence electrons. The summed E-state index contributed by atoms with van der Waals surface area (Å²) < 4.78 is 1.66. The van der Waals surface area contributed by atoms with Crippen LogP contribution in [0.5, 0.6) is 0 Å². The van der Waals surface area contributed by atoms with Gasteiger partial charge in [-0.05, 0) is 52.8 Å². The molecule has 0 fully saturated rings. The molecule has 0 aliphatic heterocycles. The molecule has 1 aromatic heterocycles. The largest absolute Gasteiger partial charge is 0.326 e. The van der Waals surface area contributed by atoms with Crippen molar-refractivity contribution in [1.29, 1.82) is 0 Å². The van der Waals surface area contributed by atoms with Gasteiger partial charge in [0.15, 0.2) is 0 Å². The summed E-state index contributed by atoms with van der Waals surface area (Å²) in [7, 11) is 1.80. The third kappa shape index (κ3) is 3.20. The molecule has 0 bridgehead atoms. The van der Waals surface area contributed by atoms with Crippen LogP contribution in [0.2, 0.25) is 5.02 Å². The first kappa shape index (κ1) is 15.9. The van der Waals surface area contributed by atoms with Gasteiger partial charge >= 0.3 is 5.69 Å². The SMILES string of the molecule is Cn1c(=O)[nH]c2c(CC(C)(C)C)cc(-c3cccc(Cl)c3)cc21. The molecule has 0 amide bonds. The van der Waals surface area contributed by atoms with Gasteiger partial charge in [0.1, 0.15) is 0 Å². The van der Waals surface area contributed by atoms with Crippen molar-refractivity contribution in [2.24, 2.45) is 12.5 Å². The fourth-order valence-electron chi connectivity index (χ4n) is 2.94. The lowest BCUT2D eigenvalue weighted by Gasteiger charge is -2.19. The molecule has 0 radical (unpaired) electrons. The molecule has 0 unspecified atom stereocenters. The summed E-state index contributed by atoms with van der Waals surface area (Å²) in [6, 6.07) is 12.0. The molecule has 0 atom stereocenters. The third-order valence-corrected chi connectivity index (χ3v) is 4.21. The molecular formula is C19H21ClN2O. The average Bonchev–Trinajstić information content (AvgIpc) is 2.74. The Morgan fingerprint density at radius 3 is 2.52 bits per heavy atom. The number of fused-ring (bicyclic) bond motifs is 1. The lowest BCUT2D eigenvalue weighted by molar-refractivity contribution is 0.412. The van der Waals surface area contributed by atoms with Crippen molar-refractivity contribution in [1.82, 2.24) is 9.55 Å². The number of hydrogen-bond donors (Lipinski definition) is 1. The smallest absolute Gasteiger partial charge is 0.305 e. The Morgan fingerprint density at radius 1 is 1.13 bits per heavy atom. The van der Waals surface area contributed by atoms with Crippen molar-refractivity contribution in [2.45, 2.75) is 27.2 Å². The van der Waals surface area contributed by atoms with Crippen LogP contribution in [0.15, 0.2) is 41.2 Å². The summed E-state index contributed by atoms with van der Waals surface area (Å²) in [4.78, 5) is 15.0. The Labute approximate surface area is 140 Å². The zero-order valence-electron chi connectivity index (χ0n) is 13.9. The van der Waals surface area contributed by atoms with Crippen LogP contribution >= 0.6 is 11.6 Å². The maximum absolute atomic E-state index is 12.0. The molecule has 23 heavy (non-hydrogen) atoms. The number of aromatic amines is 1. The summed E-state index contributed by atoms with van der Waals surface area (Å²) in [5.74, 6) is 0. The topological polar surface area (TPSA) is 37.8 Å². The monoisotopic (exact) mass is 328 g/mol. The Kier molecular flexibility index (Phi) is 3.85. The summed E-state index contributed by atoms with van der Waals surface area (Å²) >= 11 is 6.13. The van der Waals surface area contributed by atoms with Crippen molar-refractivity contribution in [3.05, 3.63) is 57.5 Å². The van der Waals surface area contributed by atoms with E-state index < -0.39 is 0 Å². The second-order valence-corrected chi connectivity index (χ2v) is 7.70. The van der Waals surface area contributed by atoms with E-state index in [-0.39, 0.29) is 11.1 Å². The number of rotatable bonds is 2. The zero-order valence-corrected chi connectivity index (χ0v) is 14.7. The Hall–Kier alpha value is -2.00. The molecule has 0 spiro atoms. The van der Waals surface area contributed by atoms with Gasteiger partial charge in [0.2, 0.25) is 0 Å². The summed E-state index contributed by atoms with van der Waals surface area (Å²) in [6.07, 6.45) is 0.887. The van der Waals surface area contributed by atoms with E-state index in [1.165, 1.54) is 0 Å². The molecule has 1 heterocycles. The number of halogens is 1. The molecule has 0 saturated carbocycles. The standard InChI is InChI=1S/C19H21ClN2O/c1-19(2,3)11-14-8-13(12-6-5-7-15(20)9-12)10-16-17(14)21-18(23)22(16)4/h5-10H,11H2,1-4H3,(H,21,23). The molecule has 0 saturated heterocycles. The Morgan fingerprint density at radius 2 is 1.87 bits per heavy atom. The van der Waals surface area contributed by atoms with Crippen LogP contribution in [0, 0.1) is 5.41 Å². The third-order valence-electron chi connectivity index (χ3n) is 3.98. The number of nitrogens with zero attached hydrogens (tertiary/aromatic N) is 1. The predicted octanol–water partition coefficient (Wildman–Crippen LogP) is 4.78. The number of aryl methyl sites for hydroxylation is 1. The van der Waals surface area contributed by atoms with Crippen molar-refractivity contribution >= 4 is 22.6 Å². The van der Waals surface area contributed by atoms with Crippen LogP contribution < -0.4 is 5.69 Å². The van der Waals surface area contributed by atoms with Crippen LogP contribution in [0.1, 0.15) is 26.3 Å². The van der Waals surface area contributed by atoms with Crippen molar-refractivity contribution in [3.63, 3.8) is 0 Å². The van der Waals surface area contributed by atoms with Gasteiger partial charge in [-0.15, -0.1) is 0 Å². The maximum atomic E-state index is 12.0. The van der Waals surface area contributed by atoms with E-state index >= 15 is 0 Å². The summed E-state index contributed by atoms with van der Waals surface area (Å²) in [5, 5.41) is 0.711. The quantitative estimate of drug-likeness (QED) is 0.722. The van der Waals surface area contributed by atoms with E-state index in [9.17, 15) is 4.79 Å². The van der Waals surface area contributed by atoms with E-state index in [2.05, 4.69) is 31.8 Å². The number of imidazole rings is 1. The highest BCUT2D eigenvalue weighted by Crippen LogP contribution is 2.31. The second-order valence-electron chi connectivity index (χ2n) is 7.27. The fourth-order valence-corrected chi connectivity index (χ4v) is 3.13. The van der Waals surface area contributed by atoms with Gasteiger partial charge in [-0.1, -0.05) is 44.5 Å². The molecule has 4 heteroatoms. The van der Waals surface area contributed by atoms with Gasteiger partial charge in [0, 0.05) is 12.1 Å². The van der Waals surface area contributed by atoms with Crippen molar-refractivity contribution < 1.29 is 0 Å². The summed E-state index contributed by atoms with van der Waals surface area (Å²) in [6.45, 7) is 6.60. The first-order valence-electron chi connectivity index (χ1n) is 7.72.